The van der Waals surface area contributed by atoms with Crippen LogP contribution in [0.25, 0.3) is 68.1 Å². The Morgan fingerprint density at radius 3 is 1.04 bits per heavy atom. The van der Waals surface area contributed by atoms with E-state index in [4.69, 9.17) is 50.1 Å². The number of pyridine rings is 8. The second kappa shape index (κ2) is 36.6. The first-order valence-corrected chi connectivity index (χ1v) is 21.9. The second-order valence-corrected chi connectivity index (χ2v) is 15.2. The molecule has 0 aromatic carbocycles. The van der Waals surface area contributed by atoms with Crippen LogP contribution in [0.2, 0.25) is 0 Å². The van der Waals surface area contributed by atoms with E-state index in [1.54, 1.807) is 38.6 Å². The minimum absolute atomic E-state index is 0. The molecule has 0 bridgehead atoms. The molecule has 79 heavy (non-hydrogen) atoms. The van der Waals surface area contributed by atoms with Crippen LogP contribution in [0.3, 0.4) is 0 Å². The van der Waals surface area contributed by atoms with Crippen molar-refractivity contribution in [2.45, 2.75) is 19.3 Å². The molecule has 0 aliphatic rings. The van der Waals surface area contributed by atoms with Crippen LogP contribution >= 0.6 is 0 Å². The average Bonchev–Trinajstić information content (AvgIpc) is 4.19. The molecule has 0 aliphatic carbocycles. The Morgan fingerprint density at radius 2 is 0.722 bits per heavy atom. The number of aromatic nitrogens is 12. The monoisotopic (exact) mass is 1470 g/mol. The van der Waals surface area contributed by atoms with E-state index in [1.165, 1.54) is 0 Å². The molecule has 26 heteroatoms. The minimum atomic E-state index is -1.45. The van der Waals surface area contributed by atoms with Crippen LogP contribution < -0.4 is 83.8 Å². The molecule has 436 valence electrons. The maximum Gasteiger partial charge on any atom is 1.00 e. The molecule has 2 N–H and O–H groups in total. The molecular weight excluding hydrogens is 1430 g/mol. The molecule has 0 radical (unpaired) electrons. The van der Waals surface area contributed by atoms with Gasteiger partial charge in [-0.2, -0.15) is 0 Å². The van der Waals surface area contributed by atoms with Crippen molar-refractivity contribution in [3.05, 3.63) is 218 Å². The predicted octanol–water partition coefficient (Wildman–Crippen LogP) is -10.0. The molecule has 0 amide bonds. The zero-order valence-electron chi connectivity index (χ0n) is 40.7. The Morgan fingerprint density at radius 1 is 0.418 bits per heavy atom. The average molecular weight is 1480 g/mol. The van der Waals surface area contributed by atoms with Gasteiger partial charge in [0, 0.05) is 62.8 Å². The summed E-state index contributed by atoms with van der Waals surface area (Å²) in [5.41, 5.74) is 7.35. The molecule has 0 spiro atoms. The summed E-state index contributed by atoms with van der Waals surface area (Å²) in [6.45, 7) is 3.86. The second-order valence-electron chi connectivity index (χ2n) is 15.2. The van der Waals surface area contributed by atoms with Crippen molar-refractivity contribution < 1.29 is 191 Å². The fraction of sp³-hybridized carbons (Fsp3) is 0.0943. The Balaban J connectivity index is -0.00000308. The first-order valence-electron chi connectivity index (χ1n) is 21.9. The summed E-state index contributed by atoms with van der Waals surface area (Å²) < 4.78 is 8.39. The molecule has 0 saturated carbocycles. The van der Waals surface area contributed by atoms with E-state index in [0.29, 0.717) is 68.8 Å². The first kappa shape index (κ1) is 79.4. The van der Waals surface area contributed by atoms with Gasteiger partial charge in [-0.05, 0) is 111 Å². The standard InChI is InChI=1S/C49H32N12.2C2H6O.6ClH.6Cu/c1-9-25-50-33(17-1)45-54-41(37-21-5-13-29-58(37)45)49(42-38-22-6-14-30-59(38)46(55-42)34-18-2-10-26-51-34,43-39-23-7-15-31-60(39)47(56-43)35-19-3-11-27-52-35)44-40-24-8-16-32-61(40)48(57-44)36-20-4-12-28-53-36;2*1-2-3;;;;;;;;;;;;/h1-32H;2*3H,2H2,1H3;6*1H;;;;;;/q;;;;;;;;;6*+1/p-6. The zero-order valence-corrected chi connectivity index (χ0v) is 50.9. The van der Waals surface area contributed by atoms with Gasteiger partial charge in [0.15, 0.2) is 23.3 Å². The first-order chi connectivity index (χ1) is 33.1. The van der Waals surface area contributed by atoms with Crippen LogP contribution in [0, 0.1) is 0 Å². The Bertz CT molecular complexity index is 3170. The molecule has 14 nitrogen and oxygen atoms in total. The van der Waals surface area contributed by atoms with Crippen LogP contribution in [0.1, 0.15) is 36.6 Å². The van der Waals surface area contributed by atoms with Gasteiger partial charge in [-0.15, -0.1) is 0 Å². The van der Waals surface area contributed by atoms with Gasteiger partial charge in [0.25, 0.3) is 0 Å². The summed E-state index contributed by atoms with van der Waals surface area (Å²) in [6, 6.07) is 48.0. The van der Waals surface area contributed by atoms with Crippen molar-refractivity contribution in [1.29, 1.82) is 0 Å². The third-order valence-electron chi connectivity index (χ3n) is 11.2. The van der Waals surface area contributed by atoms with Crippen molar-refractivity contribution in [1.82, 2.24) is 53.1 Å². The number of nitrogens with zero attached hydrogens (tertiary/aromatic N) is 12. The fourth-order valence-corrected chi connectivity index (χ4v) is 8.63. The van der Waals surface area contributed by atoms with Crippen molar-refractivity contribution in [2.75, 3.05) is 13.2 Å². The third-order valence-corrected chi connectivity index (χ3v) is 11.2. The maximum absolute atomic E-state index is 7.57. The Labute approximate surface area is 557 Å². The predicted molar refractivity (Wildman–Crippen MR) is 256 cm³/mol. The van der Waals surface area contributed by atoms with Crippen molar-refractivity contribution in [3.8, 4) is 46.1 Å². The summed E-state index contributed by atoms with van der Waals surface area (Å²) in [5.74, 6) is 2.63. The number of imidazole rings is 4. The Kier molecular flexibility index (Phi) is 36.7. The molecular formula is C53H44Cl6Cu6N12O2. The largest absolute Gasteiger partial charge is 1.00 e. The summed E-state index contributed by atoms with van der Waals surface area (Å²) >= 11 is 0. The molecule has 0 fully saturated rings. The molecule has 12 aromatic heterocycles. The molecule has 0 saturated heterocycles. The van der Waals surface area contributed by atoms with E-state index in [2.05, 4.69) is 41.9 Å². The van der Waals surface area contributed by atoms with Gasteiger partial charge in [-0.25, -0.2) is 19.9 Å². The van der Waals surface area contributed by atoms with E-state index < -0.39 is 5.41 Å². The summed E-state index contributed by atoms with van der Waals surface area (Å²) in [6.07, 6.45) is 15.3. The number of halogens is 6. The van der Waals surface area contributed by atoms with E-state index in [0.717, 1.165) is 22.1 Å². The molecule has 0 aliphatic heterocycles. The van der Waals surface area contributed by atoms with Gasteiger partial charge >= 0.3 is 102 Å². The Hall–Kier alpha value is -3.86. The van der Waals surface area contributed by atoms with Crippen LogP contribution in [-0.4, -0.2) is 71.5 Å². The van der Waals surface area contributed by atoms with Gasteiger partial charge in [0.1, 0.15) is 28.2 Å². The number of aliphatic hydroxyl groups is 2. The molecule has 0 unspecified atom stereocenters. The van der Waals surface area contributed by atoms with Gasteiger partial charge in [-0.3, -0.25) is 37.5 Å². The van der Waals surface area contributed by atoms with E-state index >= 15 is 0 Å². The van der Waals surface area contributed by atoms with Gasteiger partial charge in [0.05, 0.1) is 44.8 Å². The molecule has 12 aromatic rings. The minimum Gasteiger partial charge on any atom is -1.00 e. The normalized spacial score (nSPS) is 9.67. The zero-order chi connectivity index (χ0) is 45.7. The number of fused-ring (bicyclic) bond motifs is 4. The van der Waals surface area contributed by atoms with E-state index in [9.17, 15) is 0 Å². The van der Waals surface area contributed by atoms with Crippen molar-refractivity contribution in [3.63, 3.8) is 0 Å². The molecule has 0 atom stereocenters. The third kappa shape index (κ3) is 15.0. The van der Waals surface area contributed by atoms with Gasteiger partial charge < -0.3 is 84.7 Å². The SMILES string of the molecule is CCO.CCO.[Cl-].[Cl-].[Cl-].[Cl-].[Cl-].[Cl-].[Cu+].[Cu+].[Cu+].[Cu+].[Cu+].[Cu+].c1ccc(-c2nc(C(c3nc(-c4ccccn4)n4ccccc34)(c3nc(-c4ccccn4)n4ccccc34)c3[n-]c(-c4ccccn4)[n+]4ccccc34)c3ccccn23)nc1. The fourth-order valence-electron chi connectivity index (χ4n) is 8.63. The summed E-state index contributed by atoms with van der Waals surface area (Å²) in [7, 11) is 0. The summed E-state index contributed by atoms with van der Waals surface area (Å²) in [5, 5.41) is 15.1. The smallest absolute Gasteiger partial charge is 1.00 e. The van der Waals surface area contributed by atoms with Crippen LogP contribution in [0.4, 0.5) is 0 Å². The quantitative estimate of drug-likeness (QED) is 0.111. The van der Waals surface area contributed by atoms with Crippen LogP contribution in [0.5, 0.6) is 0 Å². The van der Waals surface area contributed by atoms with E-state index in [1.807, 2.05) is 146 Å². The number of rotatable bonds is 8. The number of hydrogen-bond donors (Lipinski definition) is 2. The van der Waals surface area contributed by atoms with Crippen molar-refractivity contribution in [2.24, 2.45) is 0 Å². The topological polar surface area (TPSA) is 162 Å². The van der Waals surface area contributed by atoms with Gasteiger partial charge in [-0.1, -0.05) is 48.5 Å². The maximum atomic E-state index is 7.57. The summed E-state index contributed by atoms with van der Waals surface area (Å²) in [4.78, 5) is 42.2. The number of aliphatic hydroxyl groups excluding tert-OH is 2. The molecule has 12 rings (SSSR count). The van der Waals surface area contributed by atoms with Gasteiger partial charge in [0.2, 0.25) is 0 Å². The molecule has 12 heterocycles. The van der Waals surface area contributed by atoms with Crippen molar-refractivity contribution >= 4 is 22.1 Å². The van der Waals surface area contributed by atoms with Crippen LogP contribution in [-0.2, 0) is 108 Å². The van der Waals surface area contributed by atoms with E-state index in [-0.39, 0.29) is 190 Å². The van der Waals surface area contributed by atoms with Crippen LogP contribution in [0.15, 0.2) is 195 Å². The number of hydrogen-bond acceptors (Lipinski definition) is 9.